The lowest BCUT2D eigenvalue weighted by atomic mass is 10.2. The van der Waals surface area contributed by atoms with Crippen LogP contribution in [0.15, 0.2) is 67.0 Å². The molecule has 2 heterocycles. The van der Waals surface area contributed by atoms with Crippen molar-refractivity contribution in [1.29, 1.82) is 0 Å². The first-order chi connectivity index (χ1) is 12.2. The molecule has 122 valence electrons. The summed E-state index contributed by atoms with van der Waals surface area (Å²) in [6, 6.07) is 19.3. The quantitative estimate of drug-likeness (QED) is 0.580. The number of primary amides is 1. The summed E-state index contributed by atoms with van der Waals surface area (Å²) in [7, 11) is 0. The van der Waals surface area contributed by atoms with Crippen molar-refractivity contribution >= 4 is 39.0 Å². The molecule has 25 heavy (non-hydrogen) atoms. The van der Waals surface area contributed by atoms with Crippen LogP contribution in [0.1, 0.15) is 10.4 Å². The lowest BCUT2D eigenvalue weighted by molar-refractivity contribution is 0.100. The largest absolute Gasteiger partial charge is 0.366 e. The van der Waals surface area contributed by atoms with Crippen LogP contribution in [0.4, 0.5) is 11.5 Å². The maximum Gasteiger partial charge on any atom is 0.248 e. The molecule has 4 aromatic rings. The molecule has 2 aromatic heterocycles. The summed E-state index contributed by atoms with van der Waals surface area (Å²) in [4.78, 5) is 22.0. The number of hydrogen-bond acceptors (Lipinski definition) is 5. The number of hydrogen-bond donors (Lipinski definition) is 2. The minimum absolute atomic E-state index is 0.443. The van der Waals surface area contributed by atoms with E-state index in [1.165, 1.54) is 0 Å². The van der Waals surface area contributed by atoms with Gasteiger partial charge in [0.1, 0.15) is 17.0 Å². The fourth-order valence-electron chi connectivity index (χ4n) is 2.55. The molecule has 0 spiro atoms. The number of amides is 1. The Bertz CT molecular complexity index is 1040. The number of nitrogens with zero attached hydrogens (tertiary/aromatic N) is 2. The van der Waals surface area contributed by atoms with Gasteiger partial charge in [-0.2, -0.15) is 0 Å². The van der Waals surface area contributed by atoms with Crippen LogP contribution in [0.3, 0.4) is 0 Å². The van der Waals surface area contributed by atoms with Gasteiger partial charge in [0.2, 0.25) is 5.91 Å². The van der Waals surface area contributed by atoms with E-state index in [2.05, 4.69) is 33.5 Å². The fraction of sp³-hybridized carbons (Fsp3) is 0. The van der Waals surface area contributed by atoms with Crippen LogP contribution < -0.4 is 11.1 Å². The van der Waals surface area contributed by atoms with Gasteiger partial charge in [0.25, 0.3) is 0 Å². The van der Waals surface area contributed by atoms with E-state index < -0.39 is 5.91 Å². The Balaban J connectivity index is 1.70. The molecule has 5 nitrogen and oxygen atoms in total. The molecule has 0 aliphatic rings. The molecule has 0 saturated heterocycles. The summed E-state index contributed by atoms with van der Waals surface area (Å²) >= 11 is 1.63. The Hall–Kier alpha value is -3.25. The molecule has 0 radical (unpaired) electrons. The van der Waals surface area contributed by atoms with Gasteiger partial charge in [0.05, 0.1) is 5.39 Å². The number of anilines is 2. The number of benzene rings is 2. The lowest BCUT2D eigenvalue weighted by Crippen LogP contribution is -2.10. The first kappa shape index (κ1) is 15.3. The molecule has 3 N–H and O–H groups in total. The van der Waals surface area contributed by atoms with Gasteiger partial charge in [0.15, 0.2) is 0 Å². The van der Waals surface area contributed by atoms with Gasteiger partial charge in [-0.05, 0) is 35.9 Å². The summed E-state index contributed by atoms with van der Waals surface area (Å²) < 4.78 is 0. The third-order valence-electron chi connectivity index (χ3n) is 3.82. The Labute approximate surface area is 148 Å². The van der Waals surface area contributed by atoms with Crippen molar-refractivity contribution in [2.24, 2.45) is 5.73 Å². The Morgan fingerprint density at radius 1 is 1.00 bits per heavy atom. The number of fused-ring (bicyclic) bond motifs is 1. The summed E-state index contributed by atoms with van der Waals surface area (Å²) in [5.74, 6) is 0.288. The molecule has 0 saturated carbocycles. The summed E-state index contributed by atoms with van der Waals surface area (Å²) in [6.07, 6.45) is 1.55. The lowest BCUT2D eigenvalue weighted by Gasteiger charge is -2.06. The van der Waals surface area contributed by atoms with E-state index in [-0.39, 0.29) is 0 Å². The number of carbonyl (C=O) groups is 1. The highest BCUT2D eigenvalue weighted by Gasteiger charge is 2.10. The molecule has 0 aliphatic heterocycles. The normalized spacial score (nSPS) is 10.7. The second-order valence-electron chi connectivity index (χ2n) is 5.48. The SMILES string of the molecule is NC(=O)c1ccc(Nc2ncnc3sc(-c4ccccc4)cc23)cc1. The van der Waals surface area contributed by atoms with Crippen molar-refractivity contribution < 1.29 is 4.79 Å². The van der Waals surface area contributed by atoms with Gasteiger partial charge in [-0.15, -0.1) is 11.3 Å². The van der Waals surface area contributed by atoms with Crippen LogP contribution in [-0.4, -0.2) is 15.9 Å². The Morgan fingerprint density at radius 3 is 2.48 bits per heavy atom. The standard InChI is InChI=1S/C19H14N4OS/c20-17(24)13-6-8-14(9-7-13)23-18-15-10-16(12-4-2-1-3-5-12)25-19(15)22-11-21-18/h1-11H,(H2,20,24)(H,21,22,23). The van der Waals surface area contributed by atoms with Crippen LogP contribution in [0, 0.1) is 0 Å². The Morgan fingerprint density at radius 2 is 1.76 bits per heavy atom. The van der Waals surface area contributed by atoms with Gasteiger partial charge < -0.3 is 11.1 Å². The predicted molar refractivity (Wildman–Crippen MR) is 101 cm³/mol. The van der Waals surface area contributed by atoms with Crippen LogP contribution >= 0.6 is 11.3 Å². The molecule has 0 bridgehead atoms. The first-order valence-corrected chi connectivity index (χ1v) is 8.49. The third-order valence-corrected chi connectivity index (χ3v) is 4.91. The van der Waals surface area contributed by atoms with E-state index in [0.29, 0.717) is 5.56 Å². The first-order valence-electron chi connectivity index (χ1n) is 7.67. The molecular weight excluding hydrogens is 332 g/mol. The van der Waals surface area contributed by atoms with E-state index in [4.69, 9.17) is 5.73 Å². The molecule has 6 heteroatoms. The predicted octanol–water partition coefficient (Wildman–Crippen LogP) is 4.20. The third kappa shape index (κ3) is 3.07. The minimum Gasteiger partial charge on any atom is -0.366 e. The van der Waals surface area contributed by atoms with Gasteiger partial charge >= 0.3 is 0 Å². The van der Waals surface area contributed by atoms with Gasteiger partial charge in [0, 0.05) is 16.1 Å². The monoisotopic (exact) mass is 346 g/mol. The van der Waals surface area contributed by atoms with Crippen molar-refractivity contribution in [2.45, 2.75) is 0 Å². The number of rotatable bonds is 4. The molecule has 4 rings (SSSR count). The average Bonchev–Trinajstić information content (AvgIpc) is 3.08. The van der Waals surface area contributed by atoms with E-state index in [0.717, 1.165) is 32.2 Å². The molecule has 0 fully saturated rings. The zero-order valence-electron chi connectivity index (χ0n) is 13.1. The second-order valence-corrected chi connectivity index (χ2v) is 6.52. The van der Waals surface area contributed by atoms with Gasteiger partial charge in [-0.1, -0.05) is 30.3 Å². The van der Waals surface area contributed by atoms with E-state index >= 15 is 0 Å². The van der Waals surface area contributed by atoms with Crippen LogP contribution in [0.2, 0.25) is 0 Å². The minimum atomic E-state index is -0.443. The highest BCUT2D eigenvalue weighted by molar-refractivity contribution is 7.21. The molecule has 1 amide bonds. The number of carbonyl (C=O) groups excluding carboxylic acids is 1. The topological polar surface area (TPSA) is 80.9 Å². The highest BCUT2D eigenvalue weighted by Crippen LogP contribution is 2.35. The van der Waals surface area contributed by atoms with E-state index in [1.807, 2.05) is 18.2 Å². The summed E-state index contributed by atoms with van der Waals surface area (Å²) in [5, 5.41) is 4.24. The number of nitrogens with two attached hydrogens (primary N) is 1. The fourth-order valence-corrected chi connectivity index (χ4v) is 3.56. The van der Waals surface area contributed by atoms with Crippen LogP contribution in [0.5, 0.6) is 0 Å². The van der Waals surface area contributed by atoms with Crippen molar-refractivity contribution in [3.05, 3.63) is 72.6 Å². The second kappa shape index (κ2) is 6.33. The van der Waals surface area contributed by atoms with Gasteiger partial charge in [-0.25, -0.2) is 9.97 Å². The van der Waals surface area contributed by atoms with Gasteiger partial charge in [-0.3, -0.25) is 4.79 Å². The summed E-state index contributed by atoms with van der Waals surface area (Å²) in [5.41, 5.74) is 7.73. The molecule has 0 atom stereocenters. The van der Waals surface area contributed by atoms with Crippen LogP contribution in [0.25, 0.3) is 20.7 Å². The summed E-state index contributed by atoms with van der Waals surface area (Å²) in [6.45, 7) is 0. The van der Waals surface area contributed by atoms with Crippen molar-refractivity contribution in [3.63, 3.8) is 0 Å². The maximum absolute atomic E-state index is 11.2. The molecule has 2 aromatic carbocycles. The molecule has 0 aliphatic carbocycles. The number of nitrogens with one attached hydrogen (secondary N) is 1. The highest BCUT2D eigenvalue weighted by atomic mass is 32.1. The van der Waals surface area contributed by atoms with Crippen molar-refractivity contribution in [1.82, 2.24) is 9.97 Å². The van der Waals surface area contributed by atoms with E-state index in [9.17, 15) is 4.79 Å². The molecular formula is C19H14N4OS. The number of thiophene rings is 1. The number of aromatic nitrogens is 2. The average molecular weight is 346 g/mol. The maximum atomic E-state index is 11.2. The van der Waals surface area contributed by atoms with Crippen molar-refractivity contribution in [3.8, 4) is 10.4 Å². The zero-order chi connectivity index (χ0) is 17.2. The molecule has 0 unspecified atom stereocenters. The van der Waals surface area contributed by atoms with E-state index in [1.54, 1.807) is 41.9 Å². The smallest absolute Gasteiger partial charge is 0.248 e. The van der Waals surface area contributed by atoms with Crippen LogP contribution in [-0.2, 0) is 0 Å². The Kier molecular flexibility index (Phi) is 3.87. The zero-order valence-corrected chi connectivity index (χ0v) is 14.0. The van der Waals surface area contributed by atoms with Crippen molar-refractivity contribution in [2.75, 3.05) is 5.32 Å².